The fourth-order valence-corrected chi connectivity index (χ4v) is 4.84. The molecule has 0 atom stereocenters. The van der Waals surface area contributed by atoms with Crippen LogP contribution in [0.5, 0.6) is 5.75 Å². The summed E-state index contributed by atoms with van der Waals surface area (Å²) in [5, 5.41) is 2.94. The van der Waals surface area contributed by atoms with Crippen LogP contribution in [-0.2, 0) is 12.8 Å². The number of rotatable bonds is 1. The van der Waals surface area contributed by atoms with Crippen molar-refractivity contribution in [2.24, 2.45) is 0 Å². The summed E-state index contributed by atoms with van der Waals surface area (Å²) in [6, 6.07) is 13.6. The van der Waals surface area contributed by atoms with E-state index in [1.165, 1.54) is 24.0 Å². The zero-order chi connectivity index (χ0) is 19.8. The number of ether oxygens (including phenoxy) is 1. The molecule has 0 bridgehead atoms. The fourth-order valence-electron chi connectivity index (χ4n) is 4.84. The van der Waals surface area contributed by atoms with Crippen LogP contribution in [0.1, 0.15) is 53.6 Å². The largest absolute Gasteiger partial charge is 0.486 e. The van der Waals surface area contributed by atoms with Crippen LogP contribution in [0.2, 0.25) is 0 Å². The maximum Gasteiger partial charge on any atom is 0.321 e. The van der Waals surface area contributed by atoms with Crippen LogP contribution < -0.4 is 10.1 Å². The van der Waals surface area contributed by atoms with Crippen molar-refractivity contribution in [2.75, 3.05) is 18.4 Å². The normalized spacial score (nSPS) is 19.9. The molecule has 1 N–H and O–H groups in total. The average molecular weight is 390 g/mol. The molecule has 2 aromatic rings. The monoisotopic (exact) mass is 390 g/mol. The Kier molecular flexibility index (Phi) is 4.53. The van der Waals surface area contributed by atoms with Crippen LogP contribution in [0.3, 0.4) is 0 Å². The van der Waals surface area contributed by atoms with Gasteiger partial charge in [0.2, 0.25) is 0 Å². The molecule has 1 spiro atoms. The van der Waals surface area contributed by atoms with Gasteiger partial charge in [-0.1, -0.05) is 18.2 Å². The zero-order valence-corrected chi connectivity index (χ0v) is 16.6. The second kappa shape index (κ2) is 7.21. The van der Waals surface area contributed by atoms with E-state index in [0.717, 1.165) is 29.8 Å². The van der Waals surface area contributed by atoms with Crippen molar-refractivity contribution in [1.29, 1.82) is 0 Å². The first-order valence-corrected chi connectivity index (χ1v) is 10.6. The van der Waals surface area contributed by atoms with Gasteiger partial charge in [0.1, 0.15) is 11.4 Å². The summed E-state index contributed by atoms with van der Waals surface area (Å²) in [7, 11) is 0. The molecule has 2 amide bonds. The van der Waals surface area contributed by atoms with Gasteiger partial charge < -0.3 is 15.0 Å². The fraction of sp³-hybridized carbons (Fsp3) is 0.417. The number of hydrogen-bond donors (Lipinski definition) is 1. The minimum absolute atomic E-state index is 0.0948. The second-order valence-electron chi connectivity index (χ2n) is 8.49. The molecule has 150 valence electrons. The van der Waals surface area contributed by atoms with Crippen LogP contribution in [0.15, 0.2) is 42.5 Å². The highest BCUT2D eigenvalue weighted by Gasteiger charge is 2.44. The number of nitrogens with one attached hydrogen (secondary N) is 1. The number of piperidine rings is 1. The number of aryl methyl sites for hydroxylation is 2. The molecule has 5 nitrogen and oxygen atoms in total. The number of nitrogens with zero attached hydrogens (tertiary/aromatic N) is 1. The first-order chi connectivity index (χ1) is 14.1. The highest BCUT2D eigenvalue weighted by molar-refractivity contribution is 6.00. The minimum Gasteiger partial charge on any atom is -0.486 e. The second-order valence-corrected chi connectivity index (χ2v) is 8.49. The molecule has 29 heavy (non-hydrogen) atoms. The highest BCUT2D eigenvalue weighted by Crippen LogP contribution is 2.41. The van der Waals surface area contributed by atoms with E-state index in [0.29, 0.717) is 32.4 Å². The lowest BCUT2D eigenvalue weighted by Gasteiger charge is -2.44. The number of para-hydroxylation sites is 1. The topological polar surface area (TPSA) is 58.6 Å². The lowest BCUT2D eigenvalue weighted by Crippen LogP contribution is -2.53. The van der Waals surface area contributed by atoms with Gasteiger partial charge >= 0.3 is 6.03 Å². The van der Waals surface area contributed by atoms with E-state index in [1.54, 1.807) is 0 Å². The van der Waals surface area contributed by atoms with Gasteiger partial charge in [0.25, 0.3) is 0 Å². The molecule has 0 aromatic heterocycles. The van der Waals surface area contributed by atoms with Gasteiger partial charge in [0.05, 0.1) is 12.0 Å². The van der Waals surface area contributed by atoms with Gasteiger partial charge in [-0.3, -0.25) is 4.79 Å². The molecule has 2 aliphatic heterocycles. The number of fused-ring (bicyclic) bond motifs is 2. The van der Waals surface area contributed by atoms with E-state index < -0.39 is 5.60 Å². The SMILES string of the molecule is O=C1CC2(CCN(C(=O)Nc3ccccc3)CC2)Oc2cc3c(cc21)CCCC3. The maximum absolute atomic E-state index is 12.9. The lowest BCUT2D eigenvalue weighted by molar-refractivity contribution is 0.000294. The van der Waals surface area contributed by atoms with Gasteiger partial charge in [-0.25, -0.2) is 4.79 Å². The Labute approximate surface area is 171 Å². The molecule has 5 heteroatoms. The Hall–Kier alpha value is -2.82. The number of carbonyl (C=O) groups is 2. The number of carbonyl (C=O) groups excluding carboxylic acids is 2. The number of benzene rings is 2. The Morgan fingerprint density at radius 1 is 1.00 bits per heavy atom. The van der Waals surface area contributed by atoms with E-state index >= 15 is 0 Å². The molecule has 1 aliphatic carbocycles. The summed E-state index contributed by atoms with van der Waals surface area (Å²) in [6.07, 6.45) is 6.30. The van der Waals surface area contributed by atoms with Crippen molar-refractivity contribution < 1.29 is 14.3 Å². The first kappa shape index (κ1) is 18.2. The summed E-state index contributed by atoms with van der Waals surface area (Å²) in [4.78, 5) is 27.3. The molecule has 0 radical (unpaired) electrons. The number of amides is 2. The summed E-state index contributed by atoms with van der Waals surface area (Å²) < 4.78 is 6.46. The summed E-state index contributed by atoms with van der Waals surface area (Å²) in [5.41, 5.74) is 3.71. The van der Waals surface area contributed by atoms with Gasteiger partial charge in [-0.05, 0) is 61.1 Å². The number of ketones is 1. The standard InChI is InChI=1S/C24H26N2O3/c27-21-16-24(29-22-15-18-7-5-4-6-17(18)14-20(21)22)10-12-26(13-11-24)23(28)25-19-8-2-1-3-9-19/h1-3,8-9,14-15H,4-7,10-13,16H2,(H,25,28). The highest BCUT2D eigenvalue weighted by atomic mass is 16.5. The molecule has 0 unspecified atom stereocenters. The van der Waals surface area contributed by atoms with Crippen LogP contribution in [-0.4, -0.2) is 35.4 Å². The lowest BCUT2D eigenvalue weighted by atomic mass is 9.80. The van der Waals surface area contributed by atoms with Crippen LogP contribution in [0, 0.1) is 0 Å². The molecule has 1 saturated heterocycles. The van der Waals surface area contributed by atoms with Crippen LogP contribution in [0.25, 0.3) is 0 Å². The molecule has 3 aliphatic rings. The van der Waals surface area contributed by atoms with E-state index in [2.05, 4.69) is 17.4 Å². The third-order valence-corrected chi connectivity index (χ3v) is 6.54. The number of hydrogen-bond acceptors (Lipinski definition) is 3. The van der Waals surface area contributed by atoms with Crippen molar-refractivity contribution in [3.8, 4) is 5.75 Å². The first-order valence-electron chi connectivity index (χ1n) is 10.6. The smallest absolute Gasteiger partial charge is 0.321 e. The Balaban J connectivity index is 1.29. The zero-order valence-electron chi connectivity index (χ0n) is 16.6. The summed E-state index contributed by atoms with van der Waals surface area (Å²) in [6.45, 7) is 1.18. The van der Waals surface area contributed by atoms with Crippen molar-refractivity contribution in [3.63, 3.8) is 0 Å². The van der Waals surface area contributed by atoms with E-state index in [9.17, 15) is 9.59 Å². The number of urea groups is 1. The molecule has 5 rings (SSSR count). The summed E-state index contributed by atoms with van der Waals surface area (Å²) in [5.74, 6) is 0.936. The van der Waals surface area contributed by atoms with Gasteiger partial charge in [-0.15, -0.1) is 0 Å². The Bertz CT molecular complexity index is 946. The third-order valence-electron chi connectivity index (χ3n) is 6.54. The Morgan fingerprint density at radius 3 is 2.41 bits per heavy atom. The van der Waals surface area contributed by atoms with E-state index in [4.69, 9.17) is 4.74 Å². The average Bonchev–Trinajstić information content (AvgIpc) is 2.74. The Morgan fingerprint density at radius 2 is 1.69 bits per heavy atom. The quantitative estimate of drug-likeness (QED) is 0.774. The number of Topliss-reactive ketones (excluding diaryl/α,β-unsaturated/α-hetero) is 1. The molecule has 2 aromatic carbocycles. The number of anilines is 1. The van der Waals surface area contributed by atoms with E-state index in [1.807, 2.05) is 35.2 Å². The predicted molar refractivity (Wildman–Crippen MR) is 112 cm³/mol. The number of likely N-dealkylation sites (tertiary alicyclic amines) is 1. The predicted octanol–water partition coefficient (Wildman–Crippen LogP) is 4.60. The van der Waals surface area contributed by atoms with Crippen molar-refractivity contribution >= 4 is 17.5 Å². The maximum atomic E-state index is 12.9. The van der Waals surface area contributed by atoms with Gasteiger partial charge in [-0.2, -0.15) is 0 Å². The van der Waals surface area contributed by atoms with Gasteiger partial charge in [0, 0.05) is 31.6 Å². The molecular weight excluding hydrogens is 364 g/mol. The molecule has 1 fully saturated rings. The van der Waals surface area contributed by atoms with Crippen molar-refractivity contribution in [3.05, 3.63) is 59.2 Å². The minimum atomic E-state index is -0.476. The summed E-state index contributed by atoms with van der Waals surface area (Å²) >= 11 is 0. The molecule has 2 heterocycles. The van der Waals surface area contributed by atoms with E-state index in [-0.39, 0.29) is 11.8 Å². The van der Waals surface area contributed by atoms with Crippen LogP contribution in [0.4, 0.5) is 10.5 Å². The molecule has 0 saturated carbocycles. The van der Waals surface area contributed by atoms with Crippen molar-refractivity contribution in [2.45, 2.75) is 50.5 Å². The third kappa shape index (κ3) is 3.50. The molecular formula is C24H26N2O3. The van der Waals surface area contributed by atoms with Gasteiger partial charge in [0.15, 0.2) is 5.78 Å². The van der Waals surface area contributed by atoms with Crippen molar-refractivity contribution in [1.82, 2.24) is 4.90 Å². The van der Waals surface area contributed by atoms with Crippen LogP contribution >= 0.6 is 0 Å².